The number of ether oxygens (including phenoxy) is 2. The number of methoxy groups -OCH3 is 1. The van der Waals surface area contributed by atoms with Gasteiger partial charge >= 0.3 is 0 Å². The summed E-state index contributed by atoms with van der Waals surface area (Å²) >= 11 is 0. The van der Waals surface area contributed by atoms with E-state index in [0.717, 1.165) is 25.0 Å². The highest BCUT2D eigenvalue weighted by Crippen LogP contribution is 2.27. The van der Waals surface area contributed by atoms with Crippen molar-refractivity contribution in [2.75, 3.05) is 7.11 Å². The highest BCUT2D eigenvalue weighted by atomic mass is 16.7. The molecule has 2 nitrogen and oxygen atoms in total. The summed E-state index contributed by atoms with van der Waals surface area (Å²) in [7, 11) is 1.70. The minimum absolute atomic E-state index is 0.178. The highest BCUT2D eigenvalue weighted by molar-refractivity contribution is 5.29. The molecule has 1 aromatic carbocycles. The standard InChI is InChI=1S/C19H30O2/c1-7-9-15(8-2)16-10-12-17(13-11-16)21-18(20-6)14-19(3,4)5/h7,10-13,15,18H,1,8-9,14H2,2-6H3. The van der Waals surface area contributed by atoms with E-state index in [1.165, 1.54) is 5.56 Å². The van der Waals surface area contributed by atoms with Gasteiger partial charge in [-0.25, -0.2) is 0 Å². The lowest BCUT2D eigenvalue weighted by Gasteiger charge is -2.25. The van der Waals surface area contributed by atoms with Crippen LogP contribution in [-0.2, 0) is 4.74 Å². The van der Waals surface area contributed by atoms with Gasteiger partial charge in [0.1, 0.15) is 5.75 Å². The van der Waals surface area contributed by atoms with Gasteiger partial charge in [0.25, 0.3) is 0 Å². The molecule has 0 aromatic heterocycles. The zero-order valence-corrected chi connectivity index (χ0v) is 14.2. The third kappa shape index (κ3) is 6.34. The Morgan fingerprint density at radius 3 is 2.24 bits per heavy atom. The molecule has 0 heterocycles. The van der Waals surface area contributed by atoms with E-state index in [1.807, 2.05) is 18.2 Å². The molecule has 2 unspecified atom stereocenters. The first-order chi connectivity index (χ1) is 9.89. The molecule has 2 atom stereocenters. The molecular formula is C19H30O2. The van der Waals surface area contributed by atoms with Crippen LogP contribution >= 0.6 is 0 Å². The van der Waals surface area contributed by atoms with Gasteiger partial charge in [-0.15, -0.1) is 6.58 Å². The molecule has 0 radical (unpaired) electrons. The van der Waals surface area contributed by atoms with Gasteiger partial charge < -0.3 is 9.47 Å². The summed E-state index contributed by atoms with van der Waals surface area (Å²) in [6.45, 7) is 12.6. The summed E-state index contributed by atoms with van der Waals surface area (Å²) in [5, 5.41) is 0. The van der Waals surface area contributed by atoms with Crippen LogP contribution in [0.2, 0.25) is 0 Å². The molecule has 0 aliphatic carbocycles. The van der Waals surface area contributed by atoms with Crippen molar-refractivity contribution in [1.82, 2.24) is 0 Å². The van der Waals surface area contributed by atoms with Crippen LogP contribution in [0.25, 0.3) is 0 Å². The van der Waals surface area contributed by atoms with Crippen LogP contribution in [0.15, 0.2) is 36.9 Å². The predicted octanol–water partition coefficient (Wildman–Crippen LogP) is 5.54. The molecule has 0 saturated carbocycles. The Labute approximate surface area is 130 Å². The zero-order chi connectivity index (χ0) is 15.9. The van der Waals surface area contributed by atoms with E-state index in [0.29, 0.717) is 5.92 Å². The number of allylic oxidation sites excluding steroid dienone is 1. The lowest BCUT2D eigenvalue weighted by atomic mass is 9.92. The Bertz CT molecular complexity index is 414. The first-order valence-electron chi connectivity index (χ1n) is 7.80. The van der Waals surface area contributed by atoms with E-state index < -0.39 is 0 Å². The smallest absolute Gasteiger partial charge is 0.200 e. The van der Waals surface area contributed by atoms with Crippen molar-refractivity contribution >= 4 is 0 Å². The summed E-state index contributed by atoms with van der Waals surface area (Å²) in [5.41, 5.74) is 1.52. The predicted molar refractivity (Wildman–Crippen MR) is 89.8 cm³/mol. The SMILES string of the molecule is C=CCC(CC)c1ccc(OC(CC(C)(C)C)OC)cc1. The summed E-state index contributed by atoms with van der Waals surface area (Å²) < 4.78 is 11.4. The number of hydrogen-bond acceptors (Lipinski definition) is 2. The zero-order valence-electron chi connectivity index (χ0n) is 14.2. The molecule has 0 N–H and O–H groups in total. The summed E-state index contributed by atoms with van der Waals surface area (Å²) in [6.07, 6.45) is 4.78. The molecule has 0 amide bonds. The summed E-state index contributed by atoms with van der Waals surface area (Å²) in [4.78, 5) is 0. The second kappa shape index (κ2) is 8.23. The Morgan fingerprint density at radius 2 is 1.81 bits per heavy atom. The lowest BCUT2D eigenvalue weighted by molar-refractivity contribution is -0.0756. The van der Waals surface area contributed by atoms with Crippen molar-refractivity contribution in [2.45, 2.75) is 59.2 Å². The van der Waals surface area contributed by atoms with Gasteiger partial charge in [0, 0.05) is 13.5 Å². The monoisotopic (exact) mass is 290 g/mol. The molecule has 21 heavy (non-hydrogen) atoms. The molecule has 1 rings (SSSR count). The van der Waals surface area contributed by atoms with Gasteiger partial charge in [0.2, 0.25) is 0 Å². The van der Waals surface area contributed by atoms with Crippen molar-refractivity contribution in [3.05, 3.63) is 42.5 Å². The highest BCUT2D eigenvalue weighted by Gasteiger charge is 2.20. The van der Waals surface area contributed by atoms with Crippen molar-refractivity contribution in [3.63, 3.8) is 0 Å². The van der Waals surface area contributed by atoms with Crippen LogP contribution in [0, 0.1) is 5.41 Å². The van der Waals surface area contributed by atoms with E-state index in [4.69, 9.17) is 9.47 Å². The largest absolute Gasteiger partial charge is 0.465 e. The van der Waals surface area contributed by atoms with E-state index in [2.05, 4.69) is 46.4 Å². The van der Waals surface area contributed by atoms with Gasteiger partial charge in [0.15, 0.2) is 6.29 Å². The van der Waals surface area contributed by atoms with Gasteiger partial charge in [-0.05, 0) is 41.9 Å². The molecule has 0 saturated heterocycles. The normalized spacial score (nSPS) is 14.5. The Balaban J connectivity index is 2.70. The maximum atomic E-state index is 5.93. The Kier molecular flexibility index (Phi) is 6.97. The second-order valence-electron chi connectivity index (χ2n) is 6.75. The van der Waals surface area contributed by atoms with Crippen LogP contribution in [0.3, 0.4) is 0 Å². The fraction of sp³-hybridized carbons (Fsp3) is 0.579. The molecule has 0 bridgehead atoms. The van der Waals surface area contributed by atoms with E-state index >= 15 is 0 Å². The van der Waals surface area contributed by atoms with Gasteiger partial charge in [-0.2, -0.15) is 0 Å². The number of benzene rings is 1. The molecular weight excluding hydrogens is 260 g/mol. The van der Waals surface area contributed by atoms with Crippen LogP contribution in [0.4, 0.5) is 0 Å². The van der Waals surface area contributed by atoms with Crippen LogP contribution in [0.1, 0.15) is 58.4 Å². The lowest BCUT2D eigenvalue weighted by Crippen LogP contribution is -2.25. The number of hydrogen-bond donors (Lipinski definition) is 0. The average Bonchev–Trinajstić information content (AvgIpc) is 2.43. The van der Waals surface area contributed by atoms with Gasteiger partial charge in [-0.1, -0.05) is 45.9 Å². The minimum Gasteiger partial charge on any atom is -0.465 e. The summed E-state index contributed by atoms with van der Waals surface area (Å²) in [5.74, 6) is 1.41. The van der Waals surface area contributed by atoms with E-state index in [9.17, 15) is 0 Å². The maximum absolute atomic E-state index is 5.93. The van der Waals surface area contributed by atoms with Crippen molar-refractivity contribution in [2.24, 2.45) is 5.41 Å². The Morgan fingerprint density at radius 1 is 1.19 bits per heavy atom. The molecule has 2 heteroatoms. The first-order valence-corrected chi connectivity index (χ1v) is 7.80. The molecule has 0 aliphatic rings. The second-order valence-corrected chi connectivity index (χ2v) is 6.75. The van der Waals surface area contributed by atoms with Crippen LogP contribution < -0.4 is 4.74 Å². The third-order valence-electron chi connectivity index (χ3n) is 3.60. The molecule has 1 aromatic rings. The fourth-order valence-electron chi connectivity index (χ4n) is 2.38. The summed E-state index contributed by atoms with van der Waals surface area (Å²) in [6, 6.07) is 8.37. The average molecular weight is 290 g/mol. The Hall–Kier alpha value is -1.28. The quantitative estimate of drug-likeness (QED) is 0.462. The first kappa shape index (κ1) is 17.8. The van der Waals surface area contributed by atoms with E-state index in [-0.39, 0.29) is 11.7 Å². The van der Waals surface area contributed by atoms with Gasteiger partial charge in [-0.3, -0.25) is 0 Å². The van der Waals surface area contributed by atoms with Gasteiger partial charge in [0.05, 0.1) is 0 Å². The molecule has 0 spiro atoms. The maximum Gasteiger partial charge on any atom is 0.200 e. The van der Waals surface area contributed by atoms with Crippen LogP contribution in [-0.4, -0.2) is 13.4 Å². The van der Waals surface area contributed by atoms with Crippen molar-refractivity contribution in [3.8, 4) is 5.75 Å². The number of rotatable bonds is 8. The topological polar surface area (TPSA) is 18.5 Å². The van der Waals surface area contributed by atoms with Crippen molar-refractivity contribution in [1.29, 1.82) is 0 Å². The fourth-order valence-corrected chi connectivity index (χ4v) is 2.38. The molecule has 118 valence electrons. The van der Waals surface area contributed by atoms with Crippen LogP contribution in [0.5, 0.6) is 5.75 Å². The van der Waals surface area contributed by atoms with Crippen molar-refractivity contribution < 1.29 is 9.47 Å². The minimum atomic E-state index is -0.203. The molecule has 0 aliphatic heterocycles. The molecule has 0 fully saturated rings. The van der Waals surface area contributed by atoms with E-state index in [1.54, 1.807) is 7.11 Å². The third-order valence-corrected chi connectivity index (χ3v) is 3.60.